The van der Waals surface area contributed by atoms with Crippen LogP contribution in [0.3, 0.4) is 0 Å². The molecule has 0 aliphatic rings. The summed E-state index contributed by atoms with van der Waals surface area (Å²) in [5.41, 5.74) is 3.13. The average molecular weight is 364 g/mol. The summed E-state index contributed by atoms with van der Waals surface area (Å²) >= 11 is 3.45. The van der Waals surface area contributed by atoms with E-state index in [1.54, 1.807) is 25.6 Å². The highest BCUT2D eigenvalue weighted by Gasteiger charge is 2.09. The van der Waals surface area contributed by atoms with E-state index in [0.717, 1.165) is 21.4 Å². The molecule has 0 bridgehead atoms. The van der Waals surface area contributed by atoms with Crippen molar-refractivity contribution in [1.82, 2.24) is 4.98 Å². The van der Waals surface area contributed by atoms with Crippen LogP contribution < -0.4 is 10.6 Å². The number of ether oxygens (including phenoxy) is 1. The van der Waals surface area contributed by atoms with E-state index in [1.807, 2.05) is 25.1 Å². The van der Waals surface area contributed by atoms with Crippen molar-refractivity contribution in [3.8, 4) is 0 Å². The lowest BCUT2D eigenvalue weighted by atomic mass is 10.2. The molecule has 0 aliphatic carbocycles. The zero-order valence-corrected chi connectivity index (χ0v) is 14.1. The molecule has 5 nitrogen and oxygen atoms in total. The molecule has 0 aliphatic heterocycles. The molecule has 0 fully saturated rings. The highest BCUT2D eigenvalue weighted by atomic mass is 79.9. The van der Waals surface area contributed by atoms with Crippen LogP contribution >= 0.6 is 15.9 Å². The SMILES string of the molecule is COCCNc1cncc(C(=O)Nc2ccc(C)cc2Br)c1. The Bertz CT molecular complexity index is 662. The predicted octanol–water partition coefficient (Wildman–Crippen LogP) is 3.46. The molecular weight excluding hydrogens is 346 g/mol. The second-order valence-corrected chi connectivity index (χ2v) is 5.67. The number of rotatable bonds is 6. The maximum absolute atomic E-state index is 12.3. The number of hydrogen-bond donors (Lipinski definition) is 2. The van der Waals surface area contributed by atoms with Crippen LogP contribution in [0.2, 0.25) is 0 Å². The number of carbonyl (C=O) groups is 1. The Morgan fingerprint density at radius 1 is 1.32 bits per heavy atom. The summed E-state index contributed by atoms with van der Waals surface area (Å²) in [6.07, 6.45) is 3.22. The number of pyridine rings is 1. The molecule has 2 aromatic rings. The molecule has 0 unspecified atom stereocenters. The third-order valence-electron chi connectivity index (χ3n) is 3.01. The number of methoxy groups -OCH3 is 1. The first-order valence-electron chi connectivity index (χ1n) is 6.85. The summed E-state index contributed by atoms with van der Waals surface area (Å²) in [6, 6.07) is 7.53. The summed E-state index contributed by atoms with van der Waals surface area (Å²) in [4.78, 5) is 16.4. The van der Waals surface area contributed by atoms with Gasteiger partial charge in [-0.15, -0.1) is 0 Å². The second kappa shape index (κ2) is 7.91. The van der Waals surface area contributed by atoms with Crippen LogP contribution in [0.1, 0.15) is 15.9 Å². The van der Waals surface area contributed by atoms with Gasteiger partial charge < -0.3 is 15.4 Å². The van der Waals surface area contributed by atoms with Crippen LogP contribution in [-0.2, 0) is 4.74 Å². The van der Waals surface area contributed by atoms with E-state index in [4.69, 9.17) is 4.74 Å². The molecule has 1 aromatic heterocycles. The second-order valence-electron chi connectivity index (χ2n) is 4.82. The van der Waals surface area contributed by atoms with Crippen LogP contribution in [0.25, 0.3) is 0 Å². The largest absolute Gasteiger partial charge is 0.383 e. The summed E-state index contributed by atoms with van der Waals surface area (Å²) < 4.78 is 5.83. The first kappa shape index (κ1) is 16.5. The molecule has 0 atom stereocenters. The average Bonchev–Trinajstić information content (AvgIpc) is 2.50. The fourth-order valence-electron chi connectivity index (χ4n) is 1.87. The van der Waals surface area contributed by atoms with E-state index in [2.05, 4.69) is 31.5 Å². The van der Waals surface area contributed by atoms with Crippen molar-refractivity contribution in [2.45, 2.75) is 6.92 Å². The molecule has 0 saturated heterocycles. The van der Waals surface area contributed by atoms with Gasteiger partial charge in [-0.1, -0.05) is 6.07 Å². The van der Waals surface area contributed by atoms with E-state index >= 15 is 0 Å². The van der Waals surface area contributed by atoms with Gasteiger partial charge in [-0.05, 0) is 46.6 Å². The summed E-state index contributed by atoms with van der Waals surface area (Å²) in [6.45, 7) is 3.24. The molecule has 22 heavy (non-hydrogen) atoms. The van der Waals surface area contributed by atoms with Crippen molar-refractivity contribution in [2.75, 3.05) is 30.9 Å². The lowest BCUT2D eigenvalue weighted by molar-refractivity contribution is 0.102. The van der Waals surface area contributed by atoms with Crippen molar-refractivity contribution in [1.29, 1.82) is 0 Å². The van der Waals surface area contributed by atoms with Crippen molar-refractivity contribution in [3.63, 3.8) is 0 Å². The molecule has 1 amide bonds. The van der Waals surface area contributed by atoms with Crippen molar-refractivity contribution >= 4 is 33.2 Å². The summed E-state index contributed by atoms with van der Waals surface area (Å²) in [5, 5.41) is 6.02. The Balaban J connectivity index is 2.07. The van der Waals surface area contributed by atoms with Gasteiger partial charge in [-0.3, -0.25) is 9.78 Å². The van der Waals surface area contributed by atoms with Gasteiger partial charge in [0.2, 0.25) is 0 Å². The van der Waals surface area contributed by atoms with Crippen LogP contribution in [0.5, 0.6) is 0 Å². The lowest BCUT2D eigenvalue weighted by Crippen LogP contribution is -2.14. The van der Waals surface area contributed by atoms with Crippen molar-refractivity contribution in [3.05, 3.63) is 52.3 Å². The van der Waals surface area contributed by atoms with Gasteiger partial charge in [0, 0.05) is 30.5 Å². The van der Waals surface area contributed by atoms with Crippen LogP contribution in [0.15, 0.2) is 41.1 Å². The topological polar surface area (TPSA) is 63.2 Å². The number of halogens is 1. The molecule has 6 heteroatoms. The molecule has 2 N–H and O–H groups in total. The highest BCUT2D eigenvalue weighted by molar-refractivity contribution is 9.10. The van der Waals surface area contributed by atoms with Gasteiger partial charge in [0.15, 0.2) is 0 Å². The predicted molar refractivity (Wildman–Crippen MR) is 91.4 cm³/mol. The first-order valence-corrected chi connectivity index (χ1v) is 7.65. The number of benzene rings is 1. The Morgan fingerprint density at radius 3 is 2.86 bits per heavy atom. The van der Waals surface area contributed by atoms with E-state index in [0.29, 0.717) is 18.7 Å². The Kier molecular flexibility index (Phi) is 5.91. The standard InChI is InChI=1S/C16H18BrN3O2/c1-11-3-4-15(14(17)7-11)20-16(21)12-8-13(10-18-9-12)19-5-6-22-2/h3-4,7-10,19H,5-6H2,1-2H3,(H,20,21). The summed E-state index contributed by atoms with van der Waals surface area (Å²) in [5.74, 6) is -0.201. The zero-order valence-electron chi connectivity index (χ0n) is 12.5. The number of nitrogens with one attached hydrogen (secondary N) is 2. The number of aromatic nitrogens is 1. The third kappa shape index (κ3) is 4.54. The van der Waals surface area contributed by atoms with E-state index in [1.165, 1.54) is 0 Å². The monoisotopic (exact) mass is 363 g/mol. The number of aryl methyl sites for hydroxylation is 1. The summed E-state index contributed by atoms with van der Waals surface area (Å²) in [7, 11) is 1.64. The van der Waals surface area contributed by atoms with Gasteiger partial charge >= 0.3 is 0 Å². The Labute approximate surface area is 138 Å². The van der Waals surface area contributed by atoms with Gasteiger partial charge in [0.25, 0.3) is 5.91 Å². The fraction of sp³-hybridized carbons (Fsp3) is 0.250. The first-order chi connectivity index (χ1) is 10.6. The maximum atomic E-state index is 12.3. The van der Waals surface area contributed by atoms with Gasteiger partial charge in [0.05, 0.1) is 23.5 Å². The fourth-order valence-corrected chi connectivity index (χ4v) is 2.47. The molecular formula is C16H18BrN3O2. The smallest absolute Gasteiger partial charge is 0.257 e. The molecule has 0 spiro atoms. The van der Waals surface area contributed by atoms with Crippen LogP contribution in [0, 0.1) is 6.92 Å². The number of anilines is 2. The molecule has 116 valence electrons. The minimum Gasteiger partial charge on any atom is -0.383 e. The van der Waals surface area contributed by atoms with Gasteiger partial charge in [0.1, 0.15) is 0 Å². The van der Waals surface area contributed by atoms with E-state index in [9.17, 15) is 4.79 Å². The quantitative estimate of drug-likeness (QED) is 0.771. The normalized spacial score (nSPS) is 10.3. The molecule has 0 saturated carbocycles. The molecule has 1 aromatic carbocycles. The van der Waals surface area contributed by atoms with Gasteiger partial charge in [-0.25, -0.2) is 0 Å². The maximum Gasteiger partial charge on any atom is 0.257 e. The van der Waals surface area contributed by atoms with Gasteiger partial charge in [-0.2, -0.15) is 0 Å². The molecule has 0 radical (unpaired) electrons. The minimum atomic E-state index is -0.201. The van der Waals surface area contributed by atoms with Crippen LogP contribution in [-0.4, -0.2) is 31.2 Å². The van der Waals surface area contributed by atoms with Crippen molar-refractivity contribution in [2.24, 2.45) is 0 Å². The lowest BCUT2D eigenvalue weighted by Gasteiger charge is -2.10. The number of amides is 1. The van der Waals surface area contributed by atoms with E-state index < -0.39 is 0 Å². The number of hydrogen-bond acceptors (Lipinski definition) is 4. The third-order valence-corrected chi connectivity index (χ3v) is 3.66. The minimum absolute atomic E-state index is 0.201. The Morgan fingerprint density at radius 2 is 2.14 bits per heavy atom. The Hall–Kier alpha value is -1.92. The number of nitrogens with zero attached hydrogens (tertiary/aromatic N) is 1. The van der Waals surface area contributed by atoms with Crippen molar-refractivity contribution < 1.29 is 9.53 Å². The number of carbonyl (C=O) groups excluding carboxylic acids is 1. The molecule has 2 rings (SSSR count). The molecule has 1 heterocycles. The zero-order chi connectivity index (χ0) is 15.9. The van der Waals surface area contributed by atoms with Crippen LogP contribution in [0.4, 0.5) is 11.4 Å². The highest BCUT2D eigenvalue weighted by Crippen LogP contribution is 2.24. The van der Waals surface area contributed by atoms with E-state index in [-0.39, 0.29) is 5.91 Å².